The van der Waals surface area contributed by atoms with Crippen molar-refractivity contribution >= 4 is 5.91 Å². The Balaban J connectivity index is 1.62. The molecular weight excluding hydrogens is 302 g/mol. The molecule has 1 spiro atoms. The van der Waals surface area contributed by atoms with Crippen LogP contribution in [0.2, 0.25) is 0 Å². The summed E-state index contributed by atoms with van der Waals surface area (Å²) in [5.74, 6) is 1.06. The third kappa shape index (κ3) is 2.55. The van der Waals surface area contributed by atoms with Crippen molar-refractivity contribution in [2.75, 3.05) is 13.1 Å². The Kier molecular flexibility index (Phi) is 3.72. The van der Waals surface area contributed by atoms with Crippen LogP contribution in [0.1, 0.15) is 41.1 Å². The number of piperidine rings is 1. The van der Waals surface area contributed by atoms with Crippen LogP contribution in [-0.4, -0.2) is 44.5 Å². The molecule has 6 heteroatoms. The summed E-state index contributed by atoms with van der Waals surface area (Å²) in [6, 6.07) is 2.22. The van der Waals surface area contributed by atoms with Crippen molar-refractivity contribution in [3.63, 3.8) is 0 Å². The standard InChI is InChI=1S/C18H25N5O/c1-13-14(3-6-20-13)17(24)23(12-16-21-9-10-22(16)2)15-11-18(15)4-7-19-8-5-18/h3,6,9-10,15,19-20H,4-5,7-8,11-12H2,1-2H3. The molecule has 6 nitrogen and oxygen atoms in total. The highest BCUT2D eigenvalue weighted by atomic mass is 16.2. The number of H-pyrrole nitrogens is 1. The molecule has 1 unspecified atom stereocenters. The number of aromatic amines is 1. The van der Waals surface area contributed by atoms with E-state index in [-0.39, 0.29) is 5.91 Å². The highest BCUT2D eigenvalue weighted by Gasteiger charge is 2.58. The molecule has 2 fully saturated rings. The fraction of sp³-hybridized carbons (Fsp3) is 0.556. The molecule has 1 aliphatic heterocycles. The second kappa shape index (κ2) is 5.77. The van der Waals surface area contributed by atoms with Gasteiger partial charge in [0.2, 0.25) is 0 Å². The second-order valence-electron chi connectivity index (χ2n) is 7.24. The van der Waals surface area contributed by atoms with Crippen LogP contribution in [0.4, 0.5) is 0 Å². The van der Waals surface area contributed by atoms with E-state index in [1.165, 1.54) is 0 Å². The molecule has 1 atom stereocenters. The van der Waals surface area contributed by atoms with Crippen LogP contribution in [-0.2, 0) is 13.6 Å². The molecule has 3 heterocycles. The average Bonchev–Trinajstić information content (AvgIpc) is 2.91. The molecule has 24 heavy (non-hydrogen) atoms. The first-order valence-electron chi connectivity index (χ1n) is 8.73. The normalized spacial score (nSPS) is 21.8. The number of hydrogen-bond donors (Lipinski definition) is 2. The maximum Gasteiger partial charge on any atom is 0.256 e. The van der Waals surface area contributed by atoms with Gasteiger partial charge in [-0.25, -0.2) is 4.98 Å². The third-order valence-corrected chi connectivity index (χ3v) is 5.80. The number of aromatic nitrogens is 3. The summed E-state index contributed by atoms with van der Waals surface area (Å²) in [5.41, 5.74) is 2.03. The first kappa shape index (κ1) is 15.4. The summed E-state index contributed by atoms with van der Waals surface area (Å²) < 4.78 is 2.00. The summed E-state index contributed by atoms with van der Waals surface area (Å²) in [6.45, 7) is 4.65. The lowest BCUT2D eigenvalue weighted by Crippen LogP contribution is -2.39. The largest absolute Gasteiger partial charge is 0.365 e. The van der Waals surface area contributed by atoms with Gasteiger partial charge in [0, 0.05) is 37.4 Å². The van der Waals surface area contributed by atoms with Gasteiger partial charge in [0.05, 0.1) is 12.1 Å². The number of carbonyl (C=O) groups is 1. The minimum atomic E-state index is 0.122. The lowest BCUT2D eigenvalue weighted by Gasteiger charge is -2.29. The van der Waals surface area contributed by atoms with E-state index >= 15 is 0 Å². The van der Waals surface area contributed by atoms with Gasteiger partial charge in [-0.2, -0.15) is 0 Å². The fourth-order valence-electron chi connectivity index (χ4n) is 4.09. The Morgan fingerprint density at radius 3 is 2.88 bits per heavy atom. The van der Waals surface area contributed by atoms with E-state index in [4.69, 9.17) is 0 Å². The monoisotopic (exact) mass is 327 g/mol. The zero-order chi connectivity index (χ0) is 16.7. The van der Waals surface area contributed by atoms with Crippen LogP contribution in [0.15, 0.2) is 24.7 Å². The summed E-state index contributed by atoms with van der Waals surface area (Å²) in [7, 11) is 1.99. The molecule has 2 aromatic heterocycles. The van der Waals surface area contributed by atoms with Crippen molar-refractivity contribution < 1.29 is 4.79 Å². The van der Waals surface area contributed by atoms with Crippen LogP contribution in [0.3, 0.4) is 0 Å². The summed E-state index contributed by atoms with van der Waals surface area (Å²) in [5, 5.41) is 3.44. The Hall–Kier alpha value is -2.08. The van der Waals surface area contributed by atoms with Crippen molar-refractivity contribution in [3.8, 4) is 0 Å². The van der Waals surface area contributed by atoms with E-state index in [0.29, 0.717) is 18.0 Å². The molecule has 1 saturated carbocycles. The van der Waals surface area contributed by atoms with Crippen LogP contribution >= 0.6 is 0 Å². The summed E-state index contributed by atoms with van der Waals surface area (Å²) in [4.78, 5) is 22.8. The highest BCUT2D eigenvalue weighted by Crippen LogP contribution is 2.56. The average molecular weight is 327 g/mol. The van der Waals surface area contributed by atoms with Crippen LogP contribution in [0, 0.1) is 12.3 Å². The first-order chi connectivity index (χ1) is 11.6. The number of nitrogens with zero attached hydrogens (tertiary/aromatic N) is 3. The molecule has 1 amide bonds. The Bertz CT molecular complexity index is 740. The van der Waals surface area contributed by atoms with Crippen LogP contribution in [0.5, 0.6) is 0 Å². The number of amides is 1. The van der Waals surface area contributed by atoms with E-state index in [1.807, 2.05) is 37.0 Å². The van der Waals surface area contributed by atoms with Crippen molar-refractivity contribution in [2.24, 2.45) is 12.5 Å². The van der Waals surface area contributed by atoms with Gasteiger partial charge in [-0.05, 0) is 50.8 Å². The SMILES string of the molecule is Cc1[nH]ccc1C(=O)N(Cc1nccn1C)C1CC12CCNCC2. The molecule has 2 aliphatic rings. The van der Waals surface area contributed by atoms with Gasteiger partial charge in [0.1, 0.15) is 5.82 Å². The summed E-state index contributed by atoms with van der Waals surface area (Å²) >= 11 is 0. The van der Waals surface area contributed by atoms with E-state index in [2.05, 4.69) is 20.2 Å². The number of nitrogens with one attached hydrogen (secondary N) is 2. The minimum absolute atomic E-state index is 0.122. The van der Waals surface area contributed by atoms with E-state index in [0.717, 1.165) is 49.4 Å². The Labute approximate surface area is 142 Å². The van der Waals surface area contributed by atoms with Gasteiger partial charge < -0.3 is 19.8 Å². The maximum absolute atomic E-state index is 13.2. The smallest absolute Gasteiger partial charge is 0.256 e. The lowest BCUT2D eigenvalue weighted by molar-refractivity contribution is 0.0685. The number of rotatable bonds is 4. The minimum Gasteiger partial charge on any atom is -0.365 e. The van der Waals surface area contributed by atoms with Crippen LogP contribution < -0.4 is 5.32 Å². The van der Waals surface area contributed by atoms with E-state index in [1.54, 1.807) is 6.20 Å². The molecule has 0 radical (unpaired) electrons. The van der Waals surface area contributed by atoms with Crippen molar-refractivity contribution in [1.82, 2.24) is 24.8 Å². The van der Waals surface area contributed by atoms with E-state index in [9.17, 15) is 4.79 Å². The summed E-state index contributed by atoms with van der Waals surface area (Å²) in [6.07, 6.45) is 9.02. The first-order valence-corrected chi connectivity index (χ1v) is 8.73. The zero-order valence-electron chi connectivity index (χ0n) is 14.4. The quantitative estimate of drug-likeness (QED) is 0.900. The van der Waals surface area contributed by atoms with Gasteiger partial charge in [-0.15, -0.1) is 0 Å². The number of carbonyl (C=O) groups excluding carboxylic acids is 1. The van der Waals surface area contributed by atoms with Gasteiger partial charge in [-0.1, -0.05) is 0 Å². The van der Waals surface area contributed by atoms with Crippen molar-refractivity contribution in [2.45, 2.75) is 38.8 Å². The van der Waals surface area contributed by atoms with E-state index < -0.39 is 0 Å². The molecule has 1 saturated heterocycles. The number of imidazole rings is 1. The third-order valence-electron chi connectivity index (χ3n) is 5.80. The predicted molar refractivity (Wildman–Crippen MR) is 91.6 cm³/mol. The topological polar surface area (TPSA) is 66.0 Å². The second-order valence-corrected chi connectivity index (χ2v) is 7.24. The fourth-order valence-corrected chi connectivity index (χ4v) is 4.09. The number of aryl methyl sites for hydroxylation is 2. The predicted octanol–water partition coefficient (Wildman–Crippen LogP) is 1.84. The Morgan fingerprint density at radius 1 is 1.46 bits per heavy atom. The van der Waals surface area contributed by atoms with Gasteiger partial charge in [0.25, 0.3) is 5.91 Å². The Morgan fingerprint density at radius 2 is 2.25 bits per heavy atom. The molecule has 4 rings (SSSR count). The molecule has 2 aromatic rings. The van der Waals surface area contributed by atoms with Gasteiger partial charge in [0.15, 0.2) is 0 Å². The maximum atomic E-state index is 13.2. The van der Waals surface area contributed by atoms with Crippen LogP contribution in [0.25, 0.3) is 0 Å². The highest BCUT2D eigenvalue weighted by molar-refractivity contribution is 5.95. The van der Waals surface area contributed by atoms with Crippen molar-refractivity contribution in [1.29, 1.82) is 0 Å². The molecule has 0 bridgehead atoms. The molecular formula is C18H25N5O. The van der Waals surface area contributed by atoms with Crippen molar-refractivity contribution in [3.05, 3.63) is 41.7 Å². The molecule has 1 aliphatic carbocycles. The zero-order valence-corrected chi connectivity index (χ0v) is 14.4. The molecule has 128 valence electrons. The van der Waals surface area contributed by atoms with Gasteiger partial charge in [-0.3, -0.25) is 4.79 Å². The molecule has 0 aromatic carbocycles. The lowest BCUT2D eigenvalue weighted by atomic mass is 9.93. The number of hydrogen-bond acceptors (Lipinski definition) is 3. The molecule has 2 N–H and O–H groups in total. The van der Waals surface area contributed by atoms with Gasteiger partial charge >= 0.3 is 0 Å².